The number of hydrogen-bond donors (Lipinski definition) is 1. The van der Waals surface area contributed by atoms with E-state index in [2.05, 4.69) is 34.2 Å². The van der Waals surface area contributed by atoms with Gasteiger partial charge in [-0.15, -0.1) is 0 Å². The largest absolute Gasteiger partial charge is 0.372 e. The summed E-state index contributed by atoms with van der Waals surface area (Å²) in [4.78, 5) is 13.8. The zero-order chi connectivity index (χ0) is 14.1. The van der Waals surface area contributed by atoms with Crippen LogP contribution in [0.3, 0.4) is 0 Å². The van der Waals surface area contributed by atoms with Crippen molar-refractivity contribution >= 4 is 17.3 Å². The van der Waals surface area contributed by atoms with Crippen LogP contribution in [0.15, 0.2) is 18.6 Å². The molecule has 0 bridgehead atoms. The Hall–Kier alpha value is -1.82. The molecule has 108 valence electrons. The van der Waals surface area contributed by atoms with E-state index in [1.54, 1.807) is 0 Å². The highest BCUT2D eigenvalue weighted by Gasteiger charge is 2.24. The molecule has 0 aromatic carbocycles. The molecule has 1 unspecified atom stereocenters. The lowest BCUT2D eigenvalue weighted by Gasteiger charge is -2.36. The maximum absolute atomic E-state index is 4.70. The quantitative estimate of drug-likeness (QED) is 0.914. The zero-order valence-electron chi connectivity index (χ0n) is 12.4. The van der Waals surface area contributed by atoms with E-state index < -0.39 is 0 Å². The summed E-state index contributed by atoms with van der Waals surface area (Å²) in [5.41, 5.74) is 0.916. The molecular weight excluding hydrogens is 252 g/mol. The van der Waals surface area contributed by atoms with E-state index >= 15 is 0 Å². The molecule has 0 aliphatic carbocycles. The van der Waals surface area contributed by atoms with Gasteiger partial charge in [0.2, 0.25) is 0 Å². The molecule has 6 nitrogen and oxygen atoms in total. The van der Waals surface area contributed by atoms with Gasteiger partial charge in [-0.3, -0.25) is 0 Å². The second-order valence-electron chi connectivity index (χ2n) is 5.53. The van der Waals surface area contributed by atoms with Crippen LogP contribution in [-0.4, -0.2) is 59.5 Å². The molecule has 1 aliphatic heterocycles. The van der Waals surface area contributed by atoms with Gasteiger partial charge in [0.15, 0.2) is 11.5 Å². The van der Waals surface area contributed by atoms with Crippen molar-refractivity contribution in [3.8, 4) is 0 Å². The number of likely N-dealkylation sites (N-methyl/N-ethyl adjacent to an activating group) is 2. The number of likely N-dealkylation sites (tertiary alicyclic amines) is 1. The van der Waals surface area contributed by atoms with Crippen molar-refractivity contribution in [2.75, 3.05) is 44.4 Å². The average molecular weight is 274 g/mol. The molecule has 1 fully saturated rings. The van der Waals surface area contributed by atoms with Crippen molar-refractivity contribution in [1.82, 2.24) is 19.3 Å². The van der Waals surface area contributed by atoms with E-state index in [9.17, 15) is 0 Å². The zero-order valence-corrected chi connectivity index (χ0v) is 12.4. The molecule has 0 radical (unpaired) electrons. The first-order valence-electron chi connectivity index (χ1n) is 7.12. The van der Waals surface area contributed by atoms with Crippen LogP contribution >= 0.6 is 0 Å². The third kappa shape index (κ3) is 2.31. The molecular formula is C14H22N6. The summed E-state index contributed by atoms with van der Waals surface area (Å²) in [5, 5.41) is 3.12. The third-order valence-corrected chi connectivity index (χ3v) is 4.09. The fourth-order valence-electron chi connectivity index (χ4n) is 2.90. The van der Waals surface area contributed by atoms with Crippen LogP contribution in [-0.2, 0) is 0 Å². The van der Waals surface area contributed by atoms with Gasteiger partial charge >= 0.3 is 0 Å². The lowest BCUT2D eigenvalue weighted by atomic mass is 10.1. The molecule has 2 aromatic heterocycles. The molecule has 2 aromatic rings. The predicted octanol–water partition coefficient (Wildman–Crippen LogP) is 1.30. The Morgan fingerprint density at radius 2 is 2.30 bits per heavy atom. The number of imidazole rings is 1. The molecule has 1 atom stereocenters. The molecule has 1 aliphatic rings. The molecule has 3 heterocycles. The maximum atomic E-state index is 4.70. The summed E-state index contributed by atoms with van der Waals surface area (Å²) in [6, 6.07) is 0.494. The molecule has 0 amide bonds. The van der Waals surface area contributed by atoms with E-state index in [1.165, 1.54) is 19.4 Å². The van der Waals surface area contributed by atoms with Crippen LogP contribution in [0.5, 0.6) is 0 Å². The van der Waals surface area contributed by atoms with Gasteiger partial charge in [-0.2, -0.15) is 0 Å². The Morgan fingerprint density at radius 3 is 3.05 bits per heavy atom. The van der Waals surface area contributed by atoms with Crippen molar-refractivity contribution in [3.05, 3.63) is 18.6 Å². The average Bonchev–Trinajstić information content (AvgIpc) is 2.93. The Balaban J connectivity index is 1.97. The lowest BCUT2D eigenvalue weighted by Crippen LogP contribution is -2.45. The monoisotopic (exact) mass is 274 g/mol. The summed E-state index contributed by atoms with van der Waals surface area (Å²) in [6.07, 6.45) is 8.19. The summed E-state index contributed by atoms with van der Waals surface area (Å²) < 4.78 is 2.03. The SMILES string of the molecule is CNc1cn2ccnc2c(N(C)C2CCCN(C)C2)n1. The van der Waals surface area contributed by atoms with Gasteiger partial charge in [-0.1, -0.05) is 0 Å². The van der Waals surface area contributed by atoms with Gasteiger partial charge in [0.25, 0.3) is 0 Å². The Labute approximate surface area is 119 Å². The number of rotatable bonds is 3. The topological polar surface area (TPSA) is 48.7 Å². The van der Waals surface area contributed by atoms with Crippen molar-refractivity contribution in [3.63, 3.8) is 0 Å². The van der Waals surface area contributed by atoms with Crippen molar-refractivity contribution in [2.45, 2.75) is 18.9 Å². The number of anilines is 2. The highest BCUT2D eigenvalue weighted by atomic mass is 15.3. The van der Waals surface area contributed by atoms with Gasteiger partial charge < -0.3 is 19.5 Å². The van der Waals surface area contributed by atoms with Gasteiger partial charge in [-0.05, 0) is 26.4 Å². The number of nitrogens with one attached hydrogen (secondary N) is 1. The Kier molecular flexibility index (Phi) is 3.48. The summed E-state index contributed by atoms with van der Waals surface area (Å²) >= 11 is 0. The number of fused-ring (bicyclic) bond motifs is 1. The second kappa shape index (κ2) is 5.28. The summed E-state index contributed by atoms with van der Waals surface area (Å²) in [7, 11) is 6.20. The Bertz CT molecular complexity index is 592. The first-order chi connectivity index (χ1) is 9.69. The number of aromatic nitrogens is 3. The van der Waals surface area contributed by atoms with Gasteiger partial charge in [0.05, 0.1) is 6.20 Å². The van der Waals surface area contributed by atoms with E-state index in [-0.39, 0.29) is 0 Å². The van der Waals surface area contributed by atoms with Crippen LogP contribution in [0, 0.1) is 0 Å². The van der Waals surface area contributed by atoms with E-state index in [0.717, 1.165) is 23.8 Å². The van der Waals surface area contributed by atoms with E-state index in [4.69, 9.17) is 4.98 Å². The van der Waals surface area contributed by atoms with Crippen LogP contribution in [0.25, 0.3) is 5.65 Å². The third-order valence-electron chi connectivity index (χ3n) is 4.09. The predicted molar refractivity (Wildman–Crippen MR) is 81.5 cm³/mol. The van der Waals surface area contributed by atoms with Gasteiger partial charge in [-0.25, -0.2) is 9.97 Å². The van der Waals surface area contributed by atoms with Gasteiger partial charge in [0.1, 0.15) is 5.82 Å². The highest BCUT2D eigenvalue weighted by molar-refractivity contribution is 5.67. The van der Waals surface area contributed by atoms with E-state index in [1.807, 2.05) is 30.0 Å². The van der Waals surface area contributed by atoms with Crippen LogP contribution in [0.2, 0.25) is 0 Å². The standard InChI is InChI=1S/C14H22N6/c1-15-12-10-20-8-6-16-13(20)14(17-12)19(3)11-5-4-7-18(2)9-11/h6,8,10-11,15H,4-5,7,9H2,1-3H3. The molecule has 6 heteroatoms. The maximum Gasteiger partial charge on any atom is 0.180 e. The highest BCUT2D eigenvalue weighted by Crippen LogP contribution is 2.24. The molecule has 0 saturated carbocycles. The minimum atomic E-state index is 0.494. The van der Waals surface area contributed by atoms with Crippen LogP contribution < -0.4 is 10.2 Å². The summed E-state index contributed by atoms with van der Waals surface area (Å²) in [6.45, 7) is 2.27. The fourth-order valence-corrected chi connectivity index (χ4v) is 2.90. The van der Waals surface area contributed by atoms with Crippen molar-refractivity contribution in [1.29, 1.82) is 0 Å². The first kappa shape index (κ1) is 13.2. The minimum Gasteiger partial charge on any atom is -0.372 e. The lowest BCUT2D eigenvalue weighted by molar-refractivity contribution is 0.247. The van der Waals surface area contributed by atoms with Crippen molar-refractivity contribution in [2.24, 2.45) is 0 Å². The first-order valence-corrected chi connectivity index (χ1v) is 7.12. The molecule has 20 heavy (non-hydrogen) atoms. The van der Waals surface area contributed by atoms with E-state index in [0.29, 0.717) is 6.04 Å². The number of hydrogen-bond acceptors (Lipinski definition) is 5. The second-order valence-corrected chi connectivity index (χ2v) is 5.53. The molecule has 0 spiro atoms. The van der Waals surface area contributed by atoms with Crippen LogP contribution in [0.4, 0.5) is 11.6 Å². The number of piperidine rings is 1. The Morgan fingerprint density at radius 1 is 1.45 bits per heavy atom. The van der Waals surface area contributed by atoms with Crippen LogP contribution in [0.1, 0.15) is 12.8 Å². The van der Waals surface area contributed by atoms with Gasteiger partial charge in [0, 0.05) is 39.1 Å². The minimum absolute atomic E-state index is 0.494. The molecule has 1 saturated heterocycles. The fraction of sp³-hybridized carbons (Fsp3) is 0.571. The molecule has 1 N–H and O–H groups in total. The summed E-state index contributed by atoms with van der Waals surface area (Å²) in [5.74, 6) is 1.81. The smallest absolute Gasteiger partial charge is 0.180 e. The number of nitrogens with zero attached hydrogens (tertiary/aromatic N) is 5. The molecule has 3 rings (SSSR count). The van der Waals surface area contributed by atoms with Crippen molar-refractivity contribution < 1.29 is 0 Å². The normalized spacial score (nSPS) is 20.2.